The van der Waals surface area contributed by atoms with Gasteiger partial charge in [-0.1, -0.05) is 41.0 Å². The van der Waals surface area contributed by atoms with Crippen molar-refractivity contribution in [3.05, 3.63) is 0 Å². The van der Waals surface area contributed by atoms with Crippen molar-refractivity contribution in [2.75, 3.05) is 0 Å². The number of hydrogen-bond acceptors (Lipinski definition) is 0. The van der Waals surface area contributed by atoms with Crippen LogP contribution in [-0.2, 0) is 0 Å². The van der Waals surface area contributed by atoms with Gasteiger partial charge >= 0.3 is 0 Å². The normalized spacial score (nSPS) is 44.2. The third-order valence-corrected chi connectivity index (χ3v) is 4.29. The van der Waals surface area contributed by atoms with E-state index in [1.807, 2.05) is 0 Å². The van der Waals surface area contributed by atoms with Crippen LogP contribution in [0.4, 0.5) is 0 Å². The summed E-state index contributed by atoms with van der Waals surface area (Å²) < 4.78 is 0. The van der Waals surface area contributed by atoms with Gasteiger partial charge in [-0.25, -0.2) is 0 Å². The van der Waals surface area contributed by atoms with Crippen LogP contribution >= 0.6 is 0 Å². The molecule has 0 heterocycles. The molecule has 11 heavy (non-hydrogen) atoms. The van der Waals surface area contributed by atoms with E-state index < -0.39 is 0 Å². The summed E-state index contributed by atoms with van der Waals surface area (Å²) >= 11 is 0. The fourth-order valence-electron chi connectivity index (χ4n) is 2.56. The van der Waals surface area contributed by atoms with Crippen molar-refractivity contribution >= 4 is 0 Å². The molecule has 0 aromatic heterocycles. The van der Waals surface area contributed by atoms with Gasteiger partial charge in [-0.15, -0.1) is 0 Å². The minimum absolute atomic E-state index is 0.653. The van der Waals surface area contributed by atoms with Gasteiger partial charge in [-0.3, -0.25) is 0 Å². The second-order valence-electron chi connectivity index (χ2n) is 4.82. The third kappa shape index (κ3) is 1.21. The Kier molecular flexibility index (Phi) is 2.32. The van der Waals surface area contributed by atoms with Gasteiger partial charge in [0.15, 0.2) is 0 Å². The summed E-state index contributed by atoms with van der Waals surface area (Å²) in [6, 6.07) is 0. The molecule has 0 heteroatoms. The number of hydrogen-bond donors (Lipinski definition) is 0. The molecule has 0 N–H and O–H groups in total. The van der Waals surface area contributed by atoms with Crippen LogP contribution in [0.25, 0.3) is 0 Å². The van der Waals surface area contributed by atoms with Crippen molar-refractivity contribution in [2.24, 2.45) is 23.2 Å². The van der Waals surface area contributed by atoms with Gasteiger partial charge in [-0.2, -0.15) is 0 Å². The first-order valence-electron chi connectivity index (χ1n) is 5.02. The predicted molar refractivity (Wildman–Crippen MR) is 50.5 cm³/mol. The summed E-state index contributed by atoms with van der Waals surface area (Å²) in [5, 5.41) is 0. The van der Waals surface area contributed by atoms with Crippen LogP contribution in [0, 0.1) is 23.2 Å². The lowest BCUT2D eigenvalue weighted by molar-refractivity contribution is -0.0554. The molecule has 0 nitrogen and oxygen atoms in total. The Morgan fingerprint density at radius 3 is 2.27 bits per heavy atom. The zero-order valence-corrected chi connectivity index (χ0v) is 8.65. The molecule has 1 aliphatic carbocycles. The Morgan fingerprint density at radius 1 is 1.45 bits per heavy atom. The maximum atomic E-state index is 2.45. The van der Waals surface area contributed by atoms with Gasteiger partial charge in [0.05, 0.1) is 0 Å². The van der Waals surface area contributed by atoms with Crippen molar-refractivity contribution < 1.29 is 0 Å². The van der Waals surface area contributed by atoms with Crippen LogP contribution in [-0.4, -0.2) is 0 Å². The second-order valence-corrected chi connectivity index (χ2v) is 4.82. The van der Waals surface area contributed by atoms with Crippen molar-refractivity contribution in [2.45, 2.75) is 47.5 Å². The Bertz CT molecular complexity index is 137. The summed E-state index contributed by atoms with van der Waals surface area (Å²) in [7, 11) is 0. The Balaban J connectivity index is 2.54. The Hall–Kier alpha value is 0. The molecule has 0 saturated heterocycles. The van der Waals surface area contributed by atoms with E-state index in [1.54, 1.807) is 0 Å². The molecule has 0 amide bonds. The van der Waals surface area contributed by atoms with Crippen LogP contribution in [0.15, 0.2) is 0 Å². The fourth-order valence-corrected chi connectivity index (χ4v) is 2.56. The van der Waals surface area contributed by atoms with Gasteiger partial charge in [0.2, 0.25) is 0 Å². The lowest BCUT2D eigenvalue weighted by Gasteiger charge is -2.55. The van der Waals surface area contributed by atoms with E-state index in [9.17, 15) is 0 Å². The standard InChI is InChI=1S/C11H22/c1-6-10-7-11(5,8(2)3)9(10)4/h8-10H,6-7H2,1-5H3. The first-order valence-corrected chi connectivity index (χ1v) is 5.02. The highest BCUT2D eigenvalue weighted by atomic mass is 14.5. The van der Waals surface area contributed by atoms with E-state index >= 15 is 0 Å². The van der Waals surface area contributed by atoms with E-state index in [2.05, 4.69) is 34.6 Å². The van der Waals surface area contributed by atoms with Crippen molar-refractivity contribution in [3.63, 3.8) is 0 Å². The molecule has 0 aromatic rings. The molecule has 3 unspecified atom stereocenters. The van der Waals surface area contributed by atoms with Crippen LogP contribution in [0.2, 0.25) is 0 Å². The smallest absolute Gasteiger partial charge is 0.0272 e. The van der Waals surface area contributed by atoms with Gasteiger partial charge in [0.25, 0.3) is 0 Å². The van der Waals surface area contributed by atoms with Gasteiger partial charge in [-0.05, 0) is 29.6 Å². The van der Waals surface area contributed by atoms with E-state index in [0.29, 0.717) is 5.41 Å². The van der Waals surface area contributed by atoms with E-state index in [0.717, 1.165) is 17.8 Å². The molecule has 1 fully saturated rings. The lowest BCUT2D eigenvalue weighted by Crippen LogP contribution is -2.47. The van der Waals surface area contributed by atoms with Crippen LogP contribution < -0.4 is 0 Å². The third-order valence-electron chi connectivity index (χ3n) is 4.29. The largest absolute Gasteiger partial charge is 0.0651 e. The van der Waals surface area contributed by atoms with Crippen LogP contribution in [0.3, 0.4) is 0 Å². The molecule has 0 aliphatic heterocycles. The maximum absolute atomic E-state index is 2.45. The van der Waals surface area contributed by atoms with E-state index in [-0.39, 0.29) is 0 Å². The highest BCUT2D eigenvalue weighted by Gasteiger charge is 2.48. The topological polar surface area (TPSA) is 0 Å². The Morgan fingerprint density at radius 2 is 2.00 bits per heavy atom. The SMILES string of the molecule is CCC1CC(C)(C(C)C)C1C. The summed E-state index contributed by atoms with van der Waals surface area (Å²) in [5.41, 5.74) is 0.653. The molecule has 3 atom stereocenters. The second kappa shape index (κ2) is 2.80. The first-order chi connectivity index (χ1) is 5.02. The molecule has 0 spiro atoms. The zero-order chi connectivity index (χ0) is 8.65. The quantitative estimate of drug-likeness (QED) is 0.568. The predicted octanol–water partition coefficient (Wildman–Crippen LogP) is 3.71. The molecule has 0 bridgehead atoms. The van der Waals surface area contributed by atoms with Gasteiger partial charge in [0.1, 0.15) is 0 Å². The van der Waals surface area contributed by atoms with E-state index in [4.69, 9.17) is 0 Å². The molecule has 1 saturated carbocycles. The molecular formula is C11H22. The Labute approximate surface area is 71.4 Å². The van der Waals surface area contributed by atoms with Gasteiger partial charge in [0, 0.05) is 0 Å². The monoisotopic (exact) mass is 154 g/mol. The summed E-state index contributed by atoms with van der Waals surface area (Å²) in [6.07, 6.45) is 2.84. The minimum Gasteiger partial charge on any atom is -0.0651 e. The first kappa shape index (κ1) is 9.09. The zero-order valence-electron chi connectivity index (χ0n) is 8.65. The molecule has 1 rings (SSSR count). The van der Waals surface area contributed by atoms with Crippen molar-refractivity contribution in [1.29, 1.82) is 0 Å². The molecular weight excluding hydrogens is 132 g/mol. The summed E-state index contributed by atoms with van der Waals surface area (Å²) in [4.78, 5) is 0. The van der Waals surface area contributed by atoms with Crippen molar-refractivity contribution in [3.8, 4) is 0 Å². The van der Waals surface area contributed by atoms with Crippen LogP contribution in [0.1, 0.15) is 47.5 Å². The van der Waals surface area contributed by atoms with E-state index in [1.165, 1.54) is 12.8 Å². The van der Waals surface area contributed by atoms with Gasteiger partial charge < -0.3 is 0 Å². The molecule has 0 radical (unpaired) electrons. The fraction of sp³-hybridized carbons (Fsp3) is 1.00. The van der Waals surface area contributed by atoms with Crippen molar-refractivity contribution in [1.82, 2.24) is 0 Å². The van der Waals surface area contributed by atoms with Crippen LogP contribution in [0.5, 0.6) is 0 Å². The highest BCUT2D eigenvalue weighted by molar-refractivity contribution is 4.97. The molecule has 66 valence electrons. The summed E-state index contributed by atoms with van der Waals surface area (Å²) in [6.45, 7) is 11.9. The number of rotatable bonds is 2. The molecule has 1 aliphatic rings. The lowest BCUT2D eigenvalue weighted by atomic mass is 9.50. The average molecular weight is 154 g/mol. The molecule has 0 aromatic carbocycles. The maximum Gasteiger partial charge on any atom is -0.0272 e. The highest BCUT2D eigenvalue weighted by Crippen LogP contribution is 2.56. The average Bonchev–Trinajstić information content (AvgIpc) is 1.98. The summed E-state index contributed by atoms with van der Waals surface area (Å²) in [5.74, 6) is 2.83. The minimum atomic E-state index is 0.653.